The Kier molecular flexibility index (Phi) is 3.25. The fourth-order valence-corrected chi connectivity index (χ4v) is 2.76. The number of hydrogen-bond donors (Lipinski definition) is 1. The number of hydrogen-bond acceptors (Lipinski definition) is 5. The molecule has 8 heteroatoms. The molecule has 17 heavy (non-hydrogen) atoms. The van der Waals surface area contributed by atoms with Gasteiger partial charge < -0.3 is 5.11 Å². The molecule has 2 aromatic rings. The summed E-state index contributed by atoms with van der Waals surface area (Å²) in [6.07, 6.45) is -4.46. The van der Waals surface area contributed by atoms with Crippen molar-refractivity contribution in [2.24, 2.45) is 0 Å². The van der Waals surface area contributed by atoms with Crippen LogP contribution in [0.3, 0.4) is 0 Å². The maximum absolute atomic E-state index is 12.3. The Morgan fingerprint density at radius 1 is 1.24 bits per heavy atom. The molecule has 0 fully saturated rings. The zero-order chi connectivity index (χ0) is 12.5. The molecular formula is C9H5F3N2OS2. The van der Waals surface area contributed by atoms with Crippen molar-refractivity contribution >= 4 is 23.1 Å². The largest absolute Gasteiger partial charge is 0.508 e. The minimum atomic E-state index is -4.46. The van der Waals surface area contributed by atoms with Crippen molar-refractivity contribution < 1.29 is 18.3 Å². The Morgan fingerprint density at radius 3 is 2.59 bits per heavy atom. The van der Waals surface area contributed by atoms with Gasteiger partial charge in [0.1, 0.15) is 5.75 Å². The fraction of sp³-hybridized carbons (Fsp3) is 0.111. The number of halogens is 3. The van der Waals surface area contributed by atoms with E-state index in [2.05, 4.69) is 10.2 Å². The topological polar surface area (TPSA) is 46.0 Å². The number of alkyl halides is 3. The van der Waals surface area contributed by atoms with Crippen molar-refractivity contribution in [3.05, 3.63) is 29.3 Å². The van der Waals surface area contributed by atoms with E-state index in [1.54, 1.807) is 12.1 Å². The lowest BCUT2D eigenvalue weighted by Gasteiger charge is -1.98. The van der Waals surface area contributed by atoms with Gasteiger partial charge in [-0.2, -0.15) is 13.2 Å². The second-order valence-corrected chi connectivity index (χ2v) is 5.27. The summed E-state index contributed by atoms with van der Waals surface area (Å²) in [5, 5.41) is 14.7. The van der Waals surface area contributed by atoms with Crippen LogP contribution in [0.25, 0.3) is 0 Å². The van der Waals surface area contributed by atoms with Gasteiger partial charge in [0.2, 0.25) is 5.01 Å². The van der Waals surface area contributed by atoms with Crippen molar-refractivity contribution in [2.75, 3.05) is 0 Å². The van der Waals surface area contributed by atoms with Crippen LogP contribution in [0.5, 0.6) is 5.75 Å². The molecule has 0 unspecified atom stereocenters. The fourth-order valence-electron chi connectivity index (χ4n) is 1.01. The van der Waals surface area contributed by atoms with E-state index >= 15 is 0 Å². The van der Waals surface area contributed by atoms with Crippen LogP contribution in [-0.4, -0.2) is 15.3 Å². The molecule has 0 radical (unpaired) electrons. The van der Waals surface area contributed by atoms with Crippen LogP contribution >= 0.6 is 23.1 Å². The predicted octanol–water partition coefficient (Wildman–Crippen LogP) is 3.41. The number of nitrogens with zero attached hydrogens (tertiary/aromatic N) is 2. The van der Waals surface area contributed by atoms with E-state index in [-0.39, 0.29) is 10.1 Å². The summed E-state index contributed by atoms with van der Waals surface area (Å²) in [7, 11) is 0. The number of rotatable bonds is 2. The van der Waals surface area contributed by atoms with Gasteiger partial charge in [-0.3, -0.25) is 0 Å². The van der Waals surface area contributed by atoms with Gasteiger partial charge in [-0.15, -0.1) is 10.2 Å². The normalized spacial score (nSPS) is 11.7. The number of phenols is 1. The second-order valence-electron chi connectivity index (χ2n) is 2.97. The van der Waals surface area contributed by atoms with E-state index in [0.29, 0.717) is 16.2 Å². The molecule has 0 aliphatic carbocycles. The summed E-state index contributed by atoms with van der Waals surface area (Å²) in [5.41, 5.74) is 0. The first-order chi connectivity index (χ1) is 7.95. The zero-order valence-corrected chi connectivity index (χ0v) is 9.73. The van der Waals surface area contributed by atoms with Crippen LogP contribution in [0.2, 0.25) is 0 Å². The van der Waals surface area contributed by atoms with Crippen LogP contribution in [0.4, 0.5) is 13.2 Å². The first kappa shape index (κ1) is 12.2. The minimum Gasteiger partial charge on any atom is -0.508 e. The summed E-state index contributed by atoms with van der Waals surface area (Å²) in [5.74, 6) is 0.0514. The lowest BCUT2D eigenvalue weighted by atomic mass is 10.3. The molecule has 0 aliphatic rings. The molecule has 1 N–H and O–H groups in total. The molecular weight excluding hydrogens is 273 g/mol. The van der Waals surface area contributed by atoms with Gasteiger partial charge >= 0.3 is 6.18 Å². The van der Waals surface area contributed by atoms with Crippen LogP contribution < -0.4 is 0 Å². The Labute approximate surface area is 102 Å². The highest BCUT2D eigenvalue weighted by atomic mass is 32.2. The molecule has 90 valence electrons. The van der Waals surface area contributed by atoms with Crippen molar-refractivity contribution in [1.82, 2.24) is 10.2 Å². The summed E-state index contributed by atoms with van der Waals surface area (Å²) in [6, 6.07) is 6.19. The molecule has 2 rings (SSSR count). The van der Waals surface area contributed by atoms with Gasteiger partial charge in [-0.1, -0.05) is 29.2 Å². The van der Waals surface area contributed by atoms with E-state index < -0.39 is 11.2 Å². The first-order valence-electron chi connectivity index (χ1n) is 4.33. The Morgan fingerprint density at radius 2 is 2.00 bits per heavy atom. The Balaban J connectivity index is 2.17. The molecule has 1 heterocycles. The SMILES string of the molecule is Oc1cccc(Sc2nnc(C(F)(F)F)s2)c1. The average molecular weight is 278 g/mol. The third-order valence-corrected chi connectivity index (χ3v) is 3.68. The molecule has 3 nitrogen and oxygen atoms in total. The molecule has 0 saturated carbocycles. The van der Waals surface area contributed by atoms with Crippen LogP contribution in [-0.2, 0) is 6.18 Å². The minimum absolute atomic E-state index is 0.0514. The molecule has 0 saturated heterocycles. The van der Waals surface area contributed by atoms with Crippen LogP contribution in [0.15, 0.2) is 33.5 Å². The van der Waals surface area contributed by atoms with Gasteiger partial charge in [0.15, 0.2) is 4.34 Å². The van der Waals surface area contributed by atoms with Gasteiger partial charge in [0.25, 0.3) is 0 Å². The molecule has 0 spiro atoms. The van der Waals surface area contributed by atoms with Gasteiger partial charge in [-0.25, -0.2) is 0 Å². The molecule has 0 amide bonds. The van der Waals surface area contributed by atoms with Gasteiger partial charge in [0.05, 0.1) is 0 Å². The molecule has 0 aliphatic heterocycles. The lowest BCUT2D eigenvalue weighted by Crippen LogP contribution is -2.03. The van der Waals surface area contributed by atoms with E-state index in [4.69, 9.17) is 0 Å². The smallest absolute Gasteiger partial charge is 0.445 e. The Bertz CT molecular complexity index is 527. The molecule has 1 aromatic carbocycles. The highest BCUT2D eigenvalue weighted by Crippen LogP contribution is 2.37. The van der Waals surface area contributed by atoms with E-state index in [0.717, 1.165) is 11.8 Å². The summed E-state index contributed by atoms with van der Waals surface area (Å²) in [6.45, 7) is 0. The quantitative estimate of drug-likeness (QED) is 0.914. The zero-order valence-electron chi connectivity index (χ0n) is 8.10. The number of aromatic hydroxyl groups is 1. The maximum Gasteiger partial charge on any atom is 0.445 e. The summed E-state index contributed by atoms with van der Waals surface area (Å²) < 4.78 is 37.0. The highest BCUT2D eigenvalue weighted by Gasteiger charge is 2.35. The molecule has 1 aromatic heterocycles. The van der Waals surface area contributed by atoms with Crippen molar-refractivity contribution in [3.63, 3.8) is 0 Å². The predicted molar refractivity (Wildman–Crippen MR) is 57.1 cm³/mol. The van der Waals surface area contributed by atoms with E-state index in [1.165, 1.54) is 12.1 Å². The van der Waals surface area contributed by atoms with Crippen molar-refractivity contribution in [3.8, 4) is 5.75 Å². The van der Waals surface area contributed by atoms with E-state index in [1.807, 2.05) is 0 Å². The Hall–Kier alpha value is -1.28. The summed E-state index contributed by atoms with van der Waals surface area (Å²) >= 11 is 1.50. The highest BCUT2D eigenvalue weighted by molar-refractivity contribution is 8.01. The first-order valence-corrected chi connectivity index (χ1v) is 5.96. The molecule has 0 bridgehead atoms. The number of aromatic nitrogens is 2. The van der Waals surface area contributed by atoms with Gasteiger partial charge in [0, 0.05) is 4.90 Å². The monoisotopic (exact) mass is 278 g/mol. The van der Waals surface area contributed by atoms with Crippen LogP contribution in [0.1, 0.15) is 5.01 Å². The second kappa shape index (κ2) is 4.53. The standard InChI is InChI=1S/C9H5F3N2OS2/c10-9(11,12)7-13-14-8(17-7)16-6-3-1-2-5(15)4-6/h1-4,15H. The third kappa shape index (κ3) is 3.10. The van der Waals surface area contributed by atoms with Crippen molar-refractivity contribution in [1.29, 1.82) is 0 Å². The third-order valence-electron chi connectivity index (χ3n) is 1.67. The average Bonchev–Trinajstić information content (AvgIpc) is 2.65. The lowest BCUT2D eigenvalue weighted by molar-refractivity contribution is -0.138. The summed E-state index contributed by atoms with van der Waals surface area (Å²) in [4.78, 5) is 0.606. The maximum atomic E-state index is 12.3. The number of benzene rings is 1. The van der Waals surface area contributed by atoms with Gasteiger partial charge in [-0.05, 0) is 18.2 Å². The van der Waals surface area contributed by atoms with E-state index in [9.17, 15) is 18.3 Å². The van der Waals surface area contributed by atoms with Crippen LogP contribution in [0, 0.1) is 0 Å². The molecule has 0 atom stereocenters. The van der Waals surface area contributed by atoms with Crippen molar-refractivity contribution in [2.45, 2.75) is 15.4 Å². The number of phenolic OH excluding ortho intramolecular Hbond substituents is 1.